The van der Waals surface area contributed by atoms with Crippen molar-refractivity contribution in [3.63, 3.8) is 0 Å². The zero-order valence-corrected chi connectivity index (χ0v) is 17.1. The van der Waals surface area contributed by atoms with E-state index in [9.17, 15) is 19.1 Å². The van der Waals surface area contributed by atoms with Crippen LogP contribution in [0, 0.1) is 11.7 Å². The maximum absolute atomic E-state index is 13.4. The summed E-state index contributed by atoms with van der Waals surface area (Å²) < 4.78 is 13.4. The van der Waals surface area contributed by atoms with Gasteiger partial charge in [-0.1, -0.05) is 54.6 Å². The Morgan fingerprint density at radius 1 is 0.935 bits per heavy atom. The van der Waals surface area contributed by atoms with Crippen LogP contribution in [0.5, 0.6) is 0 Å². The first-order chi connectivity index (χ1) is 15.0. The molecule has 0 aliphatic carbocycles. The Kier molecular flexibility index (Phi) is 6.12. The van der Waals surface area contributed by atoms with Crippen molar-refractivity contribution >= 4 is 17.6 Å². The van der Waals surface area contributed by atoms with Gasteiger partial charge in [-0.3, -0.25) is 9.59 Å². The highest BCUT2D eigenvalue weighted by molar-refractivity contribution is 6.03. The summed E-state index contributed by atoms with van der Waals surface area (Å²) in [5.74, 6) is -1.51. The summed E-state index contributed by atoms with van der Waals surface area (Å²) in [6.45, 7) is 0. The number of carboxylic acids is 1. The molecule has 1 N–H and O–H groups in total. The van der Waals surface area contributed by atoms with Gasteiger partial charge in [-0.25, -0.2) is 4.39 Å². The second kappa shape index (κ2) is 9.13. The van der Waals surface area contributed by atoms with Crippen molar-refractivity contribution in [2.75, 3.05) is 4.90 Å². The third-order valence-corrected chi connectivity index (χ3v) is 5.86. The zero-order chi connectivity index (χ0) is 21.8. The van der Waals surface area contributed by atoms with Crippen molar-refractivity contribution in [2.24, 2.45) is 5.92 Å². The molecular weight excluding hydrogens is 393 g/mol. The number of nitrogens with zero attached hydrogens (tertiary/aromatic N) is 1. The monoisotopic (exact) mass is 417 g/mol. The lowest BCUT2D eigenvalue weighted by Crippen LogP contribution is -2.55. The van der Waals surface area contributed by atoms with Crippen LogP contribution in [0.15, 0.2) is 78.9 Å². The molecule has 1 heterocycles. The van der Waals surface area contributed by atoms with Crippen molar-refractivity contribution in [2.45, 2.75) is 31.7 Å². The SMILES string of the molecule is O=C(O)Cc1ccccc1C1C(CCCc2ccccc2)C(=O)N1c1ccc(F)cc1. The average molecular weight is 417 g/mol. The van der Waals surface area contributed by atoms with E-state index in [1.54, 1.807) is 23.1 Å². The molecule has 0 bridgehead atoms. The lowest BCUT2D eigenvalue weighted by atomic mass is 9.77. The zero-order valence-electron chi connectivity index (χ0n) is 17.1. The topological polar surface area (TPSA) is 57.6 Å². The number of amides is 1. The smallest absolute Gasteiger partial charge is 0.307 e. The normalized spacial score (nSPS) is 18.0. The molecule has 0 aromatic heterocycles. The third kappa shape index (κ3) is 4.50. The molecule has 1 fully saturated rings. The molecule has 1 aliphatic heterocycles. The van der Waals surface area contributed by atoms with Gasteiger partial charge in [0, 0.05) is 5.69 Å². The van der Waals surface area contributed by atoms with E-state index in [1.807, 2.05) is 36.4 Å². The highest BCUT2D eigenvalue weighted by atomic mass is 19.1. The average Bonchev–Trinajstić information content (AvgIpc) is 2.77. The second-order valence-corrected chi connectivity index (χ2v) is 7.88. The van der Waals surface area contributed by atoms with Crippen LogP contribution >= 0.6 is 0 Å². The van der Waals surface area contributed by atoms with Gasteiger partial charge >= 0.3 is 5.97 Å². The summed E-state index contributed by atoms with van der Waals surface area (Å²) in [7, 11) is 0. The van der Waals surface area contributed by atoms with E-state index in [2.05, 4.69) is 12.1 Å². The van der Waals surface area contributed by atoms with Crippen molar-refractivity contribution in [1.82, 2.24) is 0 Å². The number of rotatable bonds is 8. The first-order valence-corrected chi connectivity index (χ1v) is 10.5. The fourth-order valence-electron chi connectivity index (χ4n) is 4.39. The Balaban J connectivity index is 1.61. The lowest BCUT2D eigenvalue weighted by Gasteiger charge is -2.48. The molecule has 1 aliphatic rings. The molecular formula is C26H24FNO3. The second-order valence-electron chi connectivity index (χ2n) is 7.88. The summed E-state index contributed by atoms with van der Waals surface area (Å²) >= 11 is 0. The molecule has 31 heavy (non-hydrogen) atoms. The summed E-state index contributed by atoms with van der Waals surface area (Å²) in [4.78, 5) is 26.2. The number of benzene rings is 3. The van der Waals surface area contributed by atoms with Crippen LogP contribution in [0.25, 0.3) is 0 Å². The molecule has 4 nitrogen and oxygen atoms in total. The number of halogens is 1. The van der Waals surface area contributed by atoms with Crippen molar-refractivity contribution < 1.29 is 19.1 Å². The Bertz CT molecular complexity index is 1070. The fourth-order valence-corrected chi connectivity index (χ4v) is 4.39. The van der Waals surface area contributed by atoms with Gasteiger partial charge in [0.1, 0.15) is 5.82 Å². The van der Waals surface area contributed by atoms with Gasteiger partial charge in [0.15, 0.2) is 0 Å². The largest absolute Gasteiger partial charge is 0.481 e. The van der Waals surface area contributed by atoms with Crippen LogP contribution in [0.1, 0.15) is 35.6 Å². The molecule has 5 heteroatoms. The highest BCUT2D eigenvalue weighted by Gasteiger charge is 2.48. The Hall–Kier alpha value is -3.47. The van der Waals surface area contributed by atoms with Gasteiger partial charge in [-0.15, -0.1) is 0 Å². The van der Waals surface area contributed by atoms with E-state index in [4.69, 9.17) is 0 Å². The fraction of sp³-hybridized carbons (Fsp3) is 0.231. The van der Waals surface area contributed by atoms with E-state index in [0.717, 1.165) is 18.4 Å². The number of β-lactam (4-membered cyclic amide) rings is 1. The number of hydrogen-bond donors (Lipinski definition) is 1. The first kappa shape index (κ1) is 20.8. The van der Waals surface area contributed by atoms with E-state index in [1.165, 1.54) is 17.7 Å². The summed E-state index contributed by atoms with van der Waals surface area (Å²) in [5.41, 5.74) is 3.40. The predicted molar refractivity (Wildman–Crippen MR) is 117 cm³/mol. The standard InChI is InChI=1S/C26H24FNO3/c27-20-13-15-21(16-14-20)28-25(22-11-5-4-10-19(22)17-24(29)30)23(26(28)31)12-6-9-18-7-2-1-3-8-18/h1-5,7-8,10-11,13-16,23,25H,6,9,12,17H2,(H,29,30). The molecule has 3 aromatic carbocycles. The number of anilines is 1. The van der Waals surface area contributed by atoms with Gasteiger partial charge in [0.05, 0.1) is 18.4 Å². The Morgan fingerprint density at radius 2 is 1.61 bits per heavy atom. The quantitative estimate of drug-likeness (QED) is 0.514. The van der Waals surface area contributed by atoms with Crippen LogP contribution in [-0.4, -0.2) is 17.0 Å². The van der Waals surface area contributed by atoms with E-state index >= 15 is 0 Å². The molecule has 0 spiro atoms. The Morgan fingerprint density at radius 3 is 2.32 bits per heavy atom. The maximum atomic E-state index is 13.4. The van der Waals surface area contributed by atoms with E-state index < -0.39 is 5.97 Å². The first-order valence-electron chi connectivity index (χ1n) is 10.5. The Labute approximate surface area is 181 Å². The summed E-state index contributed by atoms with van der Waals surface area (Å²) in [6, 6.07) is 23.1. The molecule has 1 saturated heterocycles. The van der Waals surface area contributed by atoms with Crippen LogP contribution < -0.4 is 4.90 Å². The molecule has 2 atom stereocenters. The molecule has 0 saturated carbocycles. The number of aryl methyl sites for hydroxylation is 1. The van der Waals surface area contributed by atoms with Gasteiger partial charge in [0.25, 0.3) is 0 Å². The van der Waals surface area contributed by atoms with Gasteiger partial charge in [0.2, 0.25) is 5.91 Å². The van der Waals surface area contributed by atoms with Crippen LogP contribution in [0.2, 0.25) is 0 Å². The molecule has 4 rings (SSSR count). The minimum absolute atomic E-state index is 0.00482. The van der Waals surface area contributed by atoms with Crippen LogP contribution in [0.3, 0.4) is 0 Å². The van der Waals surface area contributed by atoms with Crippen LogP contribution in [-0.2, 0) is 22.4 Å². The molecule has 0 radical (unpaired) electrons. The maximum Gasteiger partial charge on any atom is 0.307 e. The van der Waals surface area contributed by atoms with Gasteiger partial charge in [-0.05, 0) is 60.2 Å². The number of aliphatic carboxylic acids is 1. The van der Waals surface area contributed by atoms with Crippen molar-refractivity contribution in [3.05, 3.63) is 101 Å². The minimum atomic E-state index is -0.910. The number of hydrogen-bond acceptors (Lipinski definition) is 2. The van der Waals surface area contributed by atoms with Gasteiger partial charge in [-0.2, -0.15) is 0 Å². The molecule has 3 aromatic rings. The third-order valence-electron chi connectivity index (χ3n) is 5.86. The molecule has 1 amide bonds. The lowest BCUT2D eigenvalue weighted by molar-refractivity contribution is -0.136. The summed E-state index contributed by atoms with van der Waals surface area (Å²) in [6.07, 6.45) is 2.34. The predicted octanol–water partition coefficient (Wildman–Crippen LogP) is 5.18. The minimum Gasteiger partial charge on any atom is -0.481 e. The van der Waals surface area contributed by atoms with Crippen molar-refractivity contribution in [3.8, 4) is 0 Å². The van der Waals surface area contributed by atoms with Crippen molar-refractivity contribution in [1.29, 1.82) is 0 Å². The van der Waals surface area contributed by atoms with Gasteiger partial charge < -0.3 is 10.0 Å². The van der Waals surface area contributed by atoms with E-state index in [0.29, 0.717) is 17.7 Å². The number of carboxylic acid groups (broad SMARTS) is 1. The summed E-state index contributed by atoms with van der Waals surface area (Å²) in [5, 5.41) is 9.34. The number of carbonyl (C=O) groups excluding carboxylic acids is 1. The van der Waals surface area contributed by atoms with Crippen LogP contribution in [0.4, 0.5) is 10.1 Å². The molecule has 158 valence electrons. The number of carbonyl (C=O) groups is 2. The molecule has 2 unspecified atom stereocenters. The van der Waals surface area contributed by atoms with E-state index in [-0.39, 0.29) is 30.1 Å². The highest BCUT2D eigenvalue weighted by Crippen LogP contribution is 2.46.